The standard InChI is InChI=1S/C10H12N4O/c1-13-4-5-14-9(7-13)11-12-10(14)8-3-2-6-15-8/h2-3,6H,4-5,7H2,1H3. The maximum atomic E-state index is 5.33. The number of hydrogen-bond donors (Lipinski definition) is 0. The van der Waals surface area contributed by atoms with E-state index in [1.54, 1.807) is 6.26 Å². The van der Waals surface area contributed by atoms with E-state index in [-0.39, 0.29) is 0 Å². The Labute approximate surface area is 87.3 Å². The molecule has 0 unspecified atom stereocenters. The second-order valence-electron chi connectivity index (χ2n) is 3.81. The maximum absolute atomic E-state index is 5.33. The minimum absolute atomic E-state index is 0.790. The summed E-state index contributed by atoms with van der Waals surface area (Å²) in [5.41, 5.74) is 0. The first-order chi connectivity index (χ1) is 7.34. The van der Waals surface area contributed by atoms with E-state index in [1.807, 2.05) is 12.1 Å². The van der Waals surface area contributed by atoms with E-state index in [4.69, 9.17) is 4.42 Å². The third-order valence-corrected chi connectivity index (χ3v) is 2.69. The highest BCUT2D eigenvalue weighted by molar-refractivity contribution is 5.46. The zero-order chi connectivity index (χ0) is 10.3. The van der Waals surface area contributed by atoms with Gasteiger partial charge in [0.25, 0.3) is 0 Å². The van der Waals surface area contributed by atoms with Crippen LogP contribution in [-0.4, -0.2) is 33.3 Å². The lowest BCUT2D eigenvalue weighted by molar-refractivity contribution is 0.265. The molecule has 2 aromatic rings. The van der Waals surface area contributed by atoms with Crippen LogP contribution in [0.25, 0.3) is 11.6 Å². The fourth-order valence-electron chi connectivity index (χ4n) is 1.87. The second-order valence-corrected chi connectivity index (χ2v) is 3.81. The Morgan fingerprint density at radius 1 is 1.33 bits per heavy atom. The van der Waals surface area contributed by atoms with Crippen LogP contribution < -0.4 is 0 Å². The van der Waals surface area contributed by atoms with E-state index < -0.39 is 0 Å². The number of likely N-dealkylation sites (N-methyl/N-ethyl adjacent to an activating group) is 1. The molecule has 1 aliphatic rings. The molecular weight excluding hydrogens is 192 g/mol. The van der Waals surface area contributed by atoms with Crippen LogP contribution in [0.2, 0.25) is 0 Å². The Kier molecular flexibility index (Phi) is 1.85. The van der Waals surface area contributed by atoms with E-state index in [0.717, 1.165) is 37.0 Å². The molecule has 15 heavy (non-hydrogen) atoms. The van der Waals surface area contributed by atoms with Crippen LogP contribution in [0, 0.1) is 0 Å². The van der Waals surface area contributed by atoms with Crippen molar-refractivity contribution in [3.63, 3.8) is 0 Å². The van der Waals surface area contributed by atoms with Gasteiger partial charge in [-0.2, -0.15) is 0 Å². The van der Waals surface area contributed by atoms with Crippen molar-refractivity contribution in [3.8, 4) is 11.6 Å². The molecule has 3 heterocycles. The predicted molar refractivity (Wildman–Crippen MR) is 54.1 cm³/mol. The van der Waals surface area contributed by atoms with Gasteiger partial charge in [0.2, 0.25) is 0 Å². The molecule has 0 radical (unpaired) electrons. The highest BCUT2D eigenvalue weighted by Crippen LogP contribution is 2.21. The van der Waals surface area contributed by atoms with Gasteiger partial charge in [-0.25, -0.2) is 0 Å². The molecule has 0 fully saturated rings. The fourth-order valence-corrected chi connectivity index (χ4v) is 1.87. The van der Waals surface area contributed by atoms with Crippen molar-refractivity contribution < 1.29 is 4.42 Å². The molecule has 5 nitrogen and oxygen atoms in total. The molecule has 0 atom stereocenters. The number of aromatic nitrogens is 3. The van der Waals surface area contributed by atoms with Crippen molar-refractivity contribution in [2.24, 2.45) is 0 Å². The van der Waals surface area contributed by atoms with Gasteiger partial charge in [0.15, 0.2) is 11.6 Å². The van der Waals surface area contributed by atoms with Gasteiger partial charge in [0.1, 0.15) is 5.82 Å². The highest BCUT2D eigenvalue weighted by Gasteiger charge is 2.20. The van der Waals surface area contributed by atoms with E-state index in [0.29, 0.717) is 0 Å². The van der Waals surface area contributed by atoms with Gasteiger partial charge in [-0.15, -0.1) is 10.2 Å². The zero-order valence-corrected chi connectivity index (χ0v) is 8.55. The summed E-state index contributed by atoms with van der Waals surface area (Å²) < 4.78 is 7.46. The summed E-state index contributed by atoms with van der Waals surface area (Å²) in [7, 11) is 2.09. The summed E-state index contributed by atoms with van der Waals surface area (Å²) in [4.78, 5) is 2.23. The van der Waals surface area contributed by atoms with Crippen LogP contribution in [0.3, 0.4) is 0 Å². The molecule has 3 rings (SSSR count). The van der Waals surface area contributed by atoms with Gasteiger partial charge in [0.05, 0.1) is 12.8 Å². The van der Waals surface area contributed by atoms with Gasteiger partial charge in [-0.3, -0.25) is 4.90 Å². The van der Waals surface area contributed by atoms with Gasteiger partial charge in [-0.05, 0) is 19.2 Å². The highest BCUT2D eigenvalue weighted by atomic mass is 16.3. The van der Waals surface area contributed by atoms with Crippen LogP contribution >= 0.6 is 0 Å². The normalized spacial score (nSPS) is 16.6. The lowest BCUT2D eigenvalue weighted by atomic mass is 10.3. The Bertz CT molecular complexity index is 460. The zero-order valence-electron chi connectivity index (χ0n) is 8.55. The minimum Gasteiger partial charge on any atom is -0.461 e. The molecule has 0 aromatic carbocycles. The molecule has 0 saturated carbocycles. The van der Waals surface area contributed by atoms with E-state index >= 15 is 0 Å². The topological polar surface area (TPSA) is 47.1 Å². The van der Waals surface area contributed by atoms with Gasteiger partial charge >= 0.3 is 0 Å². The third kappa shape index (κ3) is 1.35. The fraction of sp³-hybridized carbons (Fsp3) is 0.400. The van der Waals surface area contributed by atoms with E-state index in [9.17, 15) is 0 Å². The van der Waals surface area contributed by atoms with Gasteiger partial charge in [0, 0.05) is 13.1 Å². The lowest BCUT2D eigenvalue weighted by Crippen LogP contribution is -2.30. The van der Waals surface area contributed by atoms with Gasteiger partial charge in [-0.1, -0.05) is 0 Å². The molecule has 0 N–H and O–H groups in total. The average Bonchev–Trinajstić information content (AvgIpc) is 2.82. The Morgan fingerprint density at radius 3 is 3.07 bits per heavy atom. The van der Waals surface area contributed by atoms with Gasteiger partial charge < -0.3 is 8.98 Å². The Hall–Kier alpha value is -1.62. The minimum atomic E-state index is 0.790. The molecule has 0 saturated heterocycles. The molecule has 0 bridgehead atoms. The Morgan fingerprint density at radius 2 is 2.27 bits per heavy atom. The van der Waals surface area contributed by atoms with Crippen LogP contribution in [0.1, 0.15) is 5.82 Å². The monoisotopic (exact) mass is 204 g/mol. The quantitative estimate of drug-likeness (QED) is 0.694. The van der Waals surface area contributed by atoms with Crippen LogP contribution in [-0.2, 0) is 13.1 Å². The SMILES string of the molecule is CN1CCn2c(nnc2-c2ccco2)C1. The largest absolute Gasteiger partial charge is 0.461 e. The predicted octanol–water partition coefficient (Wildman–Crippen LogP) is 0.984. The molecule has 78 valence electrons. The van der Waals surface area contributed by atoms with Crippen molar-refractivity contribution in [2.75, 3.05) is 13.6 Å². The summed E-state index contributed by atoms with van der Waals surface area (Å²) in [6, 6.07) is 3.78. The number of nitrogens with zero attached hydrogens (tertiary/aromatic N) is 4. The first-order valence-electron chi connectivity index (χ1n) is 4.99. The summed E-state index contributed by atoms with van der Waals surface area (Å²) >= 11 is 0. The molecule has 1 aliphatic heterocycles. The first-order valence-corrected chi connectivity index (χ1v) is 4.99. The first kappa shape index (κ1) is 8.67. The molecule has 5 heteroatoms. The van der Waals surface area contributed by atoms with Crippen molar-refractivity contribution in [1.29, 1.82) is 0 Å². The Balaban J connectivity index is 2.05. The van der Waals surface area contributed by atoms with Crippen molar-refractivity contribution in [3.05, 3.63) is 24.2 Å². The van der Waals surface area contributed by atoms with Crippen molar-refractivity contribution in [2.45, 2.75) is 13.1 Å². The van der Waals surface area contributed by atoms with Crippen molar-refractivity contribution in [1.82, 2.24) is 19.7 Å². The van der Waals surface area contributed by atoms with Crippen LogP contribution in [0.15, 0.2) is 22.8 Å². The number of rotatable bonds is 1. The molecule has 0 amide bonds. The second kappa shape index (κ2) is 3.20. The molecule has 0 aliphatic carbocycles. The van der Waals surface area contributed by atoms with Crippen LogP contribution in [0.4, 0.5) is 0 Å². The van der Waals surface area contributed by atoms with Crippen molar-refractivity contribution >= 4 is 0 Å². The summed E-state index contributed by atoms with van der Waals surface area (Å²) in [6.07, 6.45) is 1.66. The smallest absolute Gasteiger partial charge is 0.199 e. The molecule has 2 aromatic heterocycles. The summed E-state index contributed by atoms with van der Waals surface area (Å²) in [5, 5.41) is 8.34. The average molecular weight is 204 g/mol. The maximum Gasteiger partial charge on any atom is 0.199 e. The van der Waals surface area contributed by atoms with E-state index in [1.165, 1.54) is 0 Å². The summed E-state index contributed by atoms with van der Waals surface area (Å²) in [6.45, 7) is 2.81. The third-order valence-electron chi connectivity index (χ3n) is 2.69. The number of hydrogen-bond acceptors (Lipinski definition) is 4. The summed E-state index contributed by atoms with van der Waals surface area (Å²) in [5.74, 6) is 2.64. The van der Waals surface area contributed by atoms with E-state index in [2.05, 4.69) is 26.7 Å². The lowest BCUT2D eigenvalue weighted by Gasteiger charge is -2.23. The number of fused-ring (bicyclic) bond motifs is 1. The molecule has 0 spiro atoms. The molecular formula is C10H12N4O. The van der Waals surface area contributed by atoms with Crippen LogP contribution in [0.5, 0.6) is 0 Å². The number of furan rings is 1.